The molecular weight excluding hydrogens is 432 g/mol. The highest BCUT2D eigenvalue weighted by molar-refractivity contribution is 8.18. The molecule has 0 spiro atoms. The molecule has 2 N–H and O–H groups in total. The van der Waals surface area contributed by atoms with Gasteiger partial charge >= 0.3 is 0 Å². The van der Waals surface area contributed by atoms with Crippen LogP contribution in [-0.4, -0.2) is 16.2 Å². The Hall–Kier alpha value is -4.23. The van der Waals surface area contributed by atoms with Gasteiger partial charge in [0.15, 0.2) is 5.17 Å². The second kappa shape index (κ2) is 9.10. The molecule has 160 valence electrons. The molecule has 0 atom stereocenters. The van der Waals surface area contributed by atoms with E-state index in [1.165, 1.54) is 11.8 Å². The van der Waals surface area contributed by atoms with Gasteiger partial charge in [0.2, 0.25) is 0 Å². The lowest BCUT2D eigenvalue weighted by Gasteiger charge is -2.02. The summed E-state index contributed by atoms with van der Waals surface area (Å²) in [4.78, 5) is 17.3. The average Bonchev–Trinajstić information content (AvgIpc) is 3.18. The quantitative estimate of drug-likeness (QED) is 0.263. The topological polar surface area (TPSA) is 86.4 Å². The molecule has 0 radical (unpaired) electrons. The van der Waals surface area contributed by atoms with Gasteiger partial charge < -0.3 is 10.4 Å². The van der Waals surface area contributed by atoms with Crippen molar-refractivity contribution in [3.63, 3.8) is 0 Å². The fourth-order valence-corrected chi connectivity index (χ4v) is 4.20. The van der Waals surface area contributed by atoms with E-state index >= 15 is 0 Å². The summed E-state index contributed by atoms with van der Waals surface area (Å²) in [6.45, 7) is 0. The lowest BCUT2D eigenvalue weighted by Crippen LogP contribution is -2.19. The van der Waals surface area contributed by atoms with Crippen LogP contribution in [0.4, 0.5) is 17.1 Å². The molecule has 0 aliphatic carbocycles. The molecule has 0 bridgehead atoms. The molecule has 0 aromatic heterocycles. The molecule has 1 amide bonds. The molecule has 5 rings (SSSR count). The number of fused-ring (bicyclic) bond motifs is 1. The molecule has 1 fully saturated rings. The number of thioether (sulfide) groups is 1. The van der Waals surface area contributed by atoms with Crippen molar-refractivity contribution in [2.45, 2.75) is 0 Å². The van der Waals surface area contributed by atoms with E-state index < -0.39 is 0 Å². The fourth-order valence-electron chi connectivity index (χ4n) is 3.37. The van der Waals surface area contributed by atoms with Gasteiger partial charge in [-0.05, 0) is 59.6 Å². The Bertz CT molecular complexity index is 1440. The minimum absolute atomic E-state index is 0.0495. The summed E-state index contributed by atoms with van der Waals surface area (Å²) in [5.41, 5.74) is 2.55. The first-order chi connectivity index (χ1) is 16.2. The maximum absolute atomic E-state index is 12.4. The average molecular weight is 451 g/mol. The first kappa shape index (κ1) is 20.7. The van der Waals surface area contributed by atoms with Crippen LogP contribution in [0.2, 0.25) is 0 Å². The number of aliphatic imine (C=N–C) groups is 1. The van der Waals surface area contributed by atoms with Gasteiger partial charge in [-0.2, -0.15) is 5.11 Å². The number of amides is 1. The van der Waals surface area contributed by atoms with Crippen molar-refractivity contribution in [1.82, 2.24) is 5.32 Å². The molecule has 1 heterocycles. The van der Waals surface area contributed by atoms with Gasteiger partial charge in [-0.3, -0.25) is 4.79 Å². The summed E-state index contributed by atoms with van der Waals surface area (Å²) in [5.74, 6) is -0.217. The number of azo groups is 1. The number of amidine groups is 1. The third-order valence-corrected chi connectivity index (χ3v) is 5.89. The molecule has 33 heavy (non-hydrogen) atoms. The monoisotopic (exact) mass is 450 g/mol. The molecule has 1 aliphatic rings. The molecule has 1 aliphatic heterocycles. The third kappa shape index (κ3) is 4.68. The van der Waals surface area contributed by atoms with Crippen LogP contribution < -0.4 is 5.32 Å². The number of phenols is 1. The van der Waals surface area contributed by atoms with E-state index in [-0.39, 0.29) is 11.7 Å². The summed E-state index contributed by atoms with van der Waals surface area (Å²) in [7, 11) is 0. The van der Waals surface area contributed by atoms with Crippen LogP contribution in [0.5, 0.6) is 5.75 Å². The van der Waals surface area contributed by atoms with Crippen molar-refractivity contribution in [2.24, 2.45) is 15.2 Å². The fraction of sp³-hybridized carbons (Fsp3) is 0. The van der Waals surface area contributed by atoms with Crippen LogP contribution in [0.25, 0.3) is 16.8 Å². The number of para-hydroxylation sites is 1. The van der Waals surface area contributed by atoms with Crippen LogP contribution in [0.15, 0.2) is 111 Å². The zero-order chi connectivity index (χ0) is 22.6. The molecule has 0 saturated carbocycles. The van der Waals surface area contributed by atoms with Gasteiger partial charge in [0.25, 0.3) is 5.91 Å². The molecule has 4 aromatic rings. The second-order valence-electron chi connectivity index (χ2n) is 7.26. The van der Waals surface area contributed by atoms with Crippen LogP contribution in [0.3, 0.4) is 0 Å². The molecule has 1 saturated heterocycles. The molecule has 6 nitrogen and oxygen atoms in total. The SMILES string of the molecule is O=C1NC(=Nc2ccccc2)S/C1=C\c1cc(N=Nc2cccc3ccccc23)ccc1O. The number of hydrogen-bond donors (Lipinski definition) is 2. The Morgan fingerprint density at radius 3 is 2.48 bits per heavy atom. The third-order valence-electron chi connectivity index (χ3n) is 4.98. The summed E-state index contributed by atoms with van der Waals surface area (Å²) >= 11 is 1.22. The number of hydrogen-bond acceptors (Lipinski definition) is 6. The van der Waals surface area contributed by atoms with E-state index in [1.54, 1.807) is 24.3 Å². The number of nitrogens with zero attached hydrogens (tertiary/aromatic N) is 3. The van der Waals surface area contributed by atoms with Gasteiger partial charge in [0.1, 0.15) is 5.75 Å². The smallest absolute Gasteiger partial charge is 0.264 e. The predicted octanol–water partition coefficient (Wildman–Crippen LogP) is 6.85. The van der Waals surface area contributed by atoms with E-state index in [0.29, 0.717) is 21.3 Å². The number of rotatable bonds is 4. The standard InChI is InChI=1S/C26H18N4O2S/c31-23-14-13-20(29-30-22-12-6-8-17-7-4-5-11-21(17)22)15-18(23)16-24-25(32)28-26(33-24)27-19-9-2-1-3-10-19/h1-16,31H,(H,27,28,32)/b24-16-,30-29?. The predicted molar refractivity (Wildman–Crippen MR) is 133 cm³/mol. The molecule has 7 heteroatoms. The number of phenolic OH excluding ortho intramolecular Hbond substituents is 1. The Labute approximate surface area is 194 Å². The number of benzene rings is 4. The van der Waals surface area contributed by atoms with Crippen molar-refractivity contribution >= 4 is 56.7 Å². The summed E-state index contributed by atoms with van der Waals surface area (Å²) in [6.07, 6.45) is 1.62. The number of aromatic hydroxyl groups is 1. The Morgan fingerprint density at radius 2 is 1.61 bits per heavy atom. The Balaban J connectivity index is 1.41. The Morgan fingerprint density at radius 1 is 0.818 bits per heavy atom. The minimum Gasteiger partial charge on any atom is -0.507 e. The number of carbonyl (C=O) groups is 1. The van der Waals surface area contributed by atoms with Crippen molar-refractivity contribution in [3.8, 4) is 5.75 Å². The van der Waals surface area contributed by atoms with Gasteiger partial charge in [-0.15, -0.1) is 5.11 Å². The van der Waals surface area contributed by atoms with E-state index in [4.69, 9.17) is 0 Å². The van der Waals surface area contributed by atoms with Gasteiger partial charge in [-0.1, -0.05) is 54.6 Å². The highest BCUT2D eigenvalue weighted by Gasteiger charge is 2.24. The van der Waals surface area contributed by atoms with Gasteiger partial charge in [-0.25, -0.2) is 4.99 Å². The Kier molecular flexibility index (Phi) is 5.70. The molecule has 4 aromatic carbocycles. The van der Waals surface area contributed by atoms with Crippen molar-refractivity contribution in [1.29, 1.82) is 0 Å². The normalized spacial score (nSPS) is 16.2. The maximum Gasteiger partial charge on any atom is 0.264 e. The largest absolute Gasteiger partial charge is 0.507 e. The van der Waals surface area contributed by atoms with Gasteiger partial charge in [0.05, 0.1) is 22.0 Å². The minimum atomic E-state index is -0.267. The van der Waals surface area contributed by atoms with Crippen LogP contribution in [-0.2, 0) is 4.79 Å². The number of carbonyl (C=O) groups excluding carboxylic acids is 1. The highest BCUT2D eigenvalue weighted by Crippen LogP contribution is 2.33. The zero-order valence-corrected chi connectivity index (χ0v) is 18.2. The van der Waals surface area contributed by atoms with Crippen molar-refractivity contribution in [2.75, 3.05) is 0 Å². The highest BCUT2D eigenvalue weighted by atomic mass is 32.2. The first-order valence-corrected chi connectivity index (χ1v) is 11.0. The zero-order valence-electron chi connectivity index (χ0n) is 17.3. The van der Waals surface area contributed by atoms with Gasteiger partial charge in [0, 0.05) is 10.9 Å². The summed E-state index contributed by atoms with van der Waals surface area (Å²) in [6, 6.07) is 28.1. The van der Waals surface area contributed by atoms with Crippen LogP contribution >= 0.6 is 11.8 Å². The molecular formula is C26H18N4O2S. The first-order valence-electron chi connectivity index (χ1n) is 10.2. The van der Waals surface area contributed by atoms with Crippen molar-refractivity contribution in [3.05, 3.63) is 101 Å². The van der Waals surface area contributed by atoms with E-state index in [1.807, 2.05) is 72.8 Å². The summed E-state index contributed by atoms with van der Waals surface area (Å²) < 4.78 is 0. The van der Waals surface area contributed by atoms with E-state index in [0.717, 1.165) is 22.1 Å². The maximum atomic E-state index is 12.4. The lowest BCUT2D eigenvalue weighted by molar-refractivity contribution is -0.115. The van der Waals surface area contributed by atoms with E-state index in [9.17, 15) is 9.90 Å². The lowest BCUT2D eigenvalue weighted by atomic mass is 10.1. The van der Waals surface area contributed by atoms with Crippen LogP contribution in [0, 0.1) is 0 Å². The molecule has 0 unspecified atom stereocenters. The summed E-state index contributed by atoms with van der Waals surface area (Å²) in [5, 5.41) is 24.4. The second-order valence-corrected chi connectivity index (χ2v) is 8.29. The van der Waals surface area contributed by atoms with Crippen LogP contribution in [0.1, 0.15) is 5.56 Å². The van der Waals surface area contributed by atoms with Crippen molar-refractivity contribution < 1.29 is 9.90 Å². The van der Waals surface area contributed by atoms with E-state index in [2.05, 4.69) is 20.5 Å². The number of nitrogens with one attached hydrogen (secondary N) is 1.